The molecular weight excluding hydrogens is 224 g/mol. The predicted molar refractivity (Wildman–Crippen MR) is 73.7 cm³/mol. The lowest BCUT2D eigenvalue weighted by molar-refractivity contribution is -0.0299. The molecule has 1 aromatic rings. The minimum Gasteiger partial charge on any atom is -0.389 e. The highest BCUT2D eigenvalue weighted by atomic mass is 16.5. The number of hydrogen-bond acceptors (Lipinski definition) is 2. The van der Waals surface area contributed by atoms with E-state index in [2.05, 4.69) is 24.3 Å². The highest BCUT2D eigenvalue weighted by Gasteiger charge is 2.38. The first-order valence-corrected chi connectivity index (χ1v) is 7.02. The lowest BCUT2D eigenvalue weighted by atomic mass is 9.70. The monoisotopic (exact) mass is 248 g/mol. The molecule has 0 aromatic heterocycles. The van der Waals surface area contributed by atoms with E-state index in [0.29, 0.717) is 5.92 Å². The highest BCUT2D eigenvalue weighted by molar-refractivity contribution is 5.23. The zero-order valence-corrected chi connectivity index (χ0v) is 11.3. The molecule has 0 radical (unpaired) electrons. The summed E-state index contributed by atoms with van der Waals surface area (Å²) < 4.78 is 5.11. The molecule has 1 saturated carbocycles. The second-order valence-corrected chi connectivity index (χ2v) is 5.41. The fourth-order valence-corrected chi connectivity index (χ4v) is 3.21. The number of methoxy groups -OCH3 is 1. The molecular formula is C16H24O2. The van der Waals surface area contributed by atoms with Gasteiger partial charge in [-0.05, 0) is 31.2 Å². The molecule has 1 aromatic carbocycles. The van der Waals surface area contributed by atoms with Crippen LogP contribution in [0.2, 0.25) is 0 Å². The first-order valence-electron chi connectivity index (χ1n) is 7.02. The summed E-state index contributed by atoms with van der Waals surface area (Å²) in [5, 5.41) is 11.0. The van der Waals surface area contributed by atoms with Crippen LogP contribution in [0.5, 0.6) is 0 Å². The van der Waals surface area contributed by atoms with Gasteiger partial charge in [0.15, 0.2) is 0 Å². The SMILES string of the molecule is COCCCC1(O)CCCCC1c1ccccc1. The molecule has 1 fully saturated rings. The van der Waals surface area contributed by atoms with Gasteiger partial charge in [0.25, 0.3) is 0 Å². The molecule has 1 aliphatic carbocycles. The summed E-state index contributed by atoms with van der Waals surface area (Å²) in [6.45, 7) is 0.740. The predicted octanol–water partition coefficient (Wildman–Crippen LogP) is 3.50. The maximum Gasteiger partial charge on any atom is 0.0716 e. The van der Waals surface area contributed by atoms with E-state index in [4.69, 9.17) is 4.74 Å². The zero-order valence-electron chi connectivity index (χ0n) is 11.3. The minimum atomic E-state index is -0.530. The first kappa shape index (κ1) is 13.6. The molecule has 2 heteroatoms. The third-order valence-corrected chi connectivity index (χ3v) is 4.16. The molecule has 0 aliphatic heterocycles. The van der Waals surface area contributed by atoms with Crippen LogP contribution in [0.3, 0.4) is 0 Å². The fourth-order valence-electron chi connectivity index (χ4n) is 3.21. The van der Waals surface area contributed by atoms with Crippen molar-refractivity contribution in [2.24, 2.45) is 0 Å². The third-order valence-electron chi connectivity index (χ3n) is 4.16. The molecule has 0 bridgehead atoms. The number of aliphatic hydroxyl groups is 1. The van der Waals surface area contributed by atoms with E-state index in [1.165, 1.54) is 12.0 Å². The average Bonchev–Trinajstić information content (AvgIpc) is 2.40. The van der Waals surface area contributed by atoms with Crippen LogP contribution in [0, 0.1) is 0 Å². The first-order chi connectivity index (χ1) is 8.76. The lowest BCUT2D eigenvalue weighted by Crippen LogP contribution is -2.39. The van der Waals surface area contributed by atoms with Crippen LogP contribution in [0.1, 0.15) is 50.0 Å². The number of hydrogen-bond donors (Lipinski definition) is 1. The number of benzene rings is 1. The summed E-state index contributed by atoms with van der Waals surface area (Å²) in [5.74, 6) is 0.296. The largest absolute Gasteiger partial charge is 0.389 e. The molecule has 2 atom stereocenters. The van der Waals surface area contributed by atoms with Crippen LogP contribution in [0.4, 0.5) is 0 Å². The van der Waals surface area contributed by atoms with Crippen molar-refractivity contribution in [1.82, 2.24) is 0 Å². The molecule has 0 amide bonds. The minimum absolute atomic E-state index is 0.296. The van der Waals surface area contributed by atoms with Crippen molar-refractivity contribution in [1.29, 1.82) is 0 Å². The average molecular weight is 248 g/mol. The summed E-state index contributed by atoms with van der Waals surface area (Å²) in [6.07, 6.45) is 6.19. The van der Waals surface area contributed by atoms with Crippen molar-refractivity contribution in [2.45, 2.75) is 50.0 Å². The third kappa shape index (κ3) is 3.12. The van der Waals surface area contributed by atoms with Gasteiger partial charge in [-0.25, -0.2) is 0 Å². The van der Waals surface area contributed by atoms with E-state index in [1.807, 2.05) is 6.07 Å². The Hall–Kier alpha value is -0.860. The highest BCUT2D eigenvalue weighted by Crippen LogP contribution is 2.43. The van der Waals surface area contributed by atoms with Crippen molar-refractivity contribution >= 4 is 0 Å². The van der Waals surface area contributed by atoms with Crippen molar-refractivity contribution in [3.05, 3.63) is 35.9 Å². The molecule has 18 heavy (non-hydrogen) atoms. The maximum absolute atomic E-state index is 11.0. The molecule has 0 spiro atoms. The maximum atomic E-state index is 11.0. The molecule has 2 nitrogen and oxygen atoms in total. The summed E-state index contributed by atoms with van der Waals surface area (Å²) in [7, 11) is 1.72. The Morgan fingerprint density at radius 1 is 1.28 bits per heavy atom. The van der Waals surface area contributed by atoms with Crippen LogP contribution < -0.4 is 0 Å². The quantitative estimate of drug-likeness (QED) is 0.808. The van der Waals surface area contributed by atoms with E-state index < -0.39 is 5.60 Å². The van der Waals surface area contributed by atoms with Crippen LogP contribution in [-0.4, -0.2) is 24.4 Å². The van der Waals surface area contributed by atoms with Gasteiger partial charge in [0.05, 0.1) is 5.60 Å². The summed E-state index contributed by atoms with van der Waals surface area (Å²) in [5.41, 5.74) is 0.759. The normalized spacial score (nSPS) is 28.2. The van der Waals surface area contributed by atoms with Crippen molar-refractivity contribution in [3.8, 4) is 0 Å². The molecule has 100 valence electrons. The van der Waals surface area contributed by atoms with Gasteiger partial charge in [0.2, 0.25) is 0 Å². The van der Waals surface area contributed by atoms with Gasteiger partial charge >= 0.3 is 0 Å². The van der Waals surface area contributed by atoms with Crippen LogP contribution in [-0.2, 0) is 4.74 Å². The van der Waals surface area contributed by atoms with E-state index in [9.17, 15) is 5.11 Å². The standard InChI is InChI=1S/C16H24O2/c1-18-13-7-12-16(17)11-6-5-10-15(16)14-8-3-2-4-9-14/h2-4,8-9,15,17H,5-7,10-13H2,1H3. The summed E-state index contributed by atoms with van der Waals surface area (Å²) >= 11 is 0. The smallest absolute Gasteiger partial charge is 0.0716 e. The molecule has 2 unspecified atom stereocenters. The van der Waals surface area contributed by atoms with Gasteiger partial charge < -0.3 is 9.84 Å². The van der Waals surface area contributed by atoms with Crippen molar-refractivity contribution in [2.75, 3.05) is 13.7 Å². The van der Waals surface area contributed by atoms with E-state index >= 15 is 0 Å². The Balaban J connectivity index is 2.10. The van der Waals surface area contributed by atoms with E-state index in [0.717, 1.165) is 38.7 Å². The van der Waals surface area contributed by atoms with Crippen LogP contribution >= 0.6 is 0 Å². The number of ether oxygens (including phenoxy) is 1. The van der Waals surface area contributed by atoms with Gasteiger partial charge in [-0.1, -0.05) is 43.2 Å². The number of rotatable bonds is 5. The Morgan fingerprint density at radius 2 is 2.06 bits per heavy atom. The zero-order chi connectivity index (χ0) is 12.8. The Labute approximate surface area is 110 Å². The van der Waals surface area contributed by atoms with Gasteiger partial charge in [0.1, 0.15) is 0 Å². The van der Waals surface area contributed by atoms with Crippen molar-refractivity contribution in [3.63, 3.8) is 0 Å². The Kier molecular flexibility index (Phi) is 4.79. The van der Waals surface area contributed by atoms with Gasteiger partial charge in [-0.15, -0.1) is 0 Å². The van der Waals surface area contributed by atoms with Gasteiger partial charge in [-0.2, -0.15) is 0 Å². The van der Waals surface area contributed by atoms with Gasteiger partial charge in [-0.3, -0.25) is 0 Å². The molecule has 1 N–H and O–H groups in total. The second-order valence-electron chi connectivity index (χ2n) is 5.41. The molecule has 0 saturated heterocycles. The second kappa shape index (κ2) is 6.35. The van der Waals surface area contributed by atoms with Crippen molar-refractivity contribution < 1.29 is 9.84 Å². The molecule has 0 heterocycles. The van der Waals surface area contributed by atoms with Crippen LogP contribution in [0.15, 0.2) is 30.3 Å². The van der Waals surface area contributed by atoms with Crippen LogP contribution in [0.25, 0.3) is 0 Å². The Morgan fingerprint density at radius 3 is 2.78 bits per heavy atom. The summed E-state index contributed by atoms with van der Waals surface area (Å²) in [6, 6.07) is 10.5. The fraction of sp³-hybridized carbons (Fsp3) is 0.625. The topological polar surface area (TPSA) is 29.5 Å². The molecule has 2 rings (SSSR count). The van der Waals surface area contributed by atoms with Gasteiger partial charge in [0, 0.05) is 19.6 Å². The summed E-state index contributed by atoms with van der Waals surface area (Å²) in [4.78, 5) is 0. The Bertz CT molecular complexity index is 349. The van der Waals surface area contributed by atoms with E-state index in [1.54, 1.807) is 7.11 Å². The molecule has 1 aliphatic rings. The lowest BCUT2D eigenvalue weighted by Gasteiger charge is -2.40. The van der Waals surface area contributed by atoms with E-state index in [-0.39, 0.29) is 0 Å².